The van der Waals surface area contributed by atoms with Crippen molar-refractivity contribution in [1.82, 2.24) is 0 Å². The van der Waals surface area contributed by atoms with E-state index < -0.39 is 15.9 Å². The zero-order valence-electron chi connectivity index (χ0n) is 9.68. The number of sulfone groups is 1. The van der Waals surface area contributed by atoms with Gasteiger partial charge in [0.2, 0.25) is 0 Å². The van der Waals surface area contributed by atoms with E-state index in [1.807, 2.05) is 13.8 Å². The van der Waals surface area contributed by atoms with E-state index >= 15 is 0 Å². The second-order valence-electron chi connectivity index (χ2n) is 4.04. The molecule has 0 aliphatic heterocycles. The minimum absolute atomic E-state index is 0.191. The highest BCUT2D eigenvalue weighted by molar-refractivity contribution is 7.91. The van der Waals surface area contributed by atoms with Gasteiger partial charge < -0.3 is 5.11 Å². The Morgan fingerprint density at radius 1 is 1.25 bits per heavy atom. The van der Waals surface area contributed by atoms with Gasteiger partial charge in [-0.3, -0.25) is 0 Å². The van der Waals surface area contributed by atoms with Gasteiger partial charge in [-0.05, 0) is 25.5 Å². The molecule has 1 rings (SSSR count). The molecule has 1 N–H and O–H groups in total. The number of rotatable bonds is 5. The Kier molecular flexibility index (Phi) is 4.50. The number of aliphatic hydroxyl groups excluding tert-OH is 1. The van der Waals surface area contributed by atoms with Gasteiger partial charge in [0.15, 0.2) is 9.84 Å². The third-order valence-corrected chi connectivity index (χ3v) is 4.23. The van der Waals surface area contributed by atoms with Gasteiger partial charge in [-0.2, -0.15) is 0 Å². The Morgan fingerprint density at radius 3 is 2.31 bits per heavy atom. The molecule has 0 saturated carbocycles. The van der Waals surface area contributed by atoms with E-state index in [2.05, 4.69) is 0 Å². The van der Waals surface area contributed by atoms with E-state index in [0.717, 1.165) is 12.0 Å². The Hall–Kier alpha value is -0.870. The van der Waals surface area contributed by atoms with Crippen molar-refractivity contribution in [2.75, 3.05) is 5.75 Å². The molecule has 16 heavy (non-hydrogen) atoms. The summed E-state index contributed by atoms with van der Waals surface area (Å²) in [6.07, 6.45) is 0.534. The normalized spacial score (nSPS) is 13.7. The smallest absolute Gasteiger partial charge is 0.180 e. The van der Waals surface area contributed by atoms with Crippen molar-refractivity contribution >= 4 is 9.84 Å². The van der Waals surface area contributed by atoms with Gasteiger partial charge in [0.25, 0.3) is 0 Å². The van der Waals surface area contributed by atoms with E-state index in [-0.39, 0.29) is 10.6 Å². The summed E-state index contributed by atoms with van der Waals surface area (Å²) in [5.74, 6) is -0.191. The first-order valence-electron chi connectivity index (χ1n) is 5.43. The maximum atomic E-state index is 11.9. The van der Waals surface area contributed by atoms with Crippen molar-refractivity contribution in [3.63, 3.8) is 0 Å². The van der Waals surface area contributed by atoms with Gasteiger partial charge >= 0.3 is 0 Å². The summed E-state index contributed by atoms with van der Waals surface area (Å²) in [5.41, 5.74) is 1.02. The number of aryl methyl sites for hydroxylation is 1. The SMILES string of the molecule is CCC[C@H](O)CS(=O)(=O)c1ccc(C)cc1. The molecule has 0 saturated heterocycles. The Bertz CT molecular complexity index is 420. The molecule has 1 aromatic carbocycles. The third kappa shape index (κ3) is 3.61. The van der Waals surface area contributed by atoms with Crippen LogP contribution in [0.1, 0.15) is 25.3 Å². The molecule has 0 aliphatic rings. The quantitative estimate of drug-likeness (QED) is 0.858. The molecular weight excluding hydrogens is 224 g/mol. The molecule has 0 fully saturated rings. The largest absolute Gasteiger partial charge is 0.392 e. The van der Waals surface area contributed by atoms with E-state index in [0.29, 0.717) is 6.42 Å². The molecule has 0 amide bonds. The lowest BCUT2D eigenvalue weighted by molar-refractivity contribution is 0.186. The van der Waals surface area contributed by atoms with Gasteiger partial charge in [-0.25, -0.2) is 8.42 Å². The highest BCUT2D eigenvalue weighted by Crippen LogP contribution is 2.14. The zero-order valence-corrected chi connectivity index (χ0v) is 10.5. The van der Waals surface area contributed by atoms with Crippen LogP contribution in [-0.2, 0) is 9.84 Å². The van der Waals surface area contributed by atoms with Crippen molar-refractivity contribution < 1.29 is 13.5 Å². The molecule has 0 spiro atoms. The lowest BCUT2D eigenvalue weighted by atomic mass is 10.2. The van der Waals surface area contributed by atoms with Crippen LogP contribution in [0.5, 0.6) is 0 Å². The van der Waals surface area contributed by atoms with E-state index in [4.69, 9.17) is 0 Å². The summed E-state index contributed by atoms with van der Waals surface area (Å²) >= 11 is 0. The summed E-state index contributed by atoms with van der Waals surface area (Å²) in [4.78, 5) is 0.285. The summed E-state index contributed by atoms with van der Waals surface area (Å²) < 4.78 is 23.7. The molecule has 0 aromatic heterocycles. The monoisotopic (exact) mass is 242 g/mol. The fourth-order valence-corrected chi connectivity index (χ4v) is 2.93. The molecule has 1 aromatic rings. The van der Waals surface area contributed by atoms with Crippen LogP contribution in [0, 0.1) is 6.92 Å². The molecule has 0 unspecified atom stereocenters. The molecule has 1 atom stereocenters. The van der Waals surface area contributed by atoms with Crippen LogP contribution in [0.2, 0.25) is 0 Å². The zero-order chi connectivity index (χ0) is 12.2. The number of hydrogen-bond acceptors (Lipinski definition) is 3. The lowest BCUT2D eigenvalue weighted by Crippen LogP contribution is -2.20. The predicted octanol–water partition coefficient (Wildman–Crippen LogP) is 1.93. The second-order valence-corrected chi connectivity index (χ2v) is 6.07. The fraction of sp³-hybridized carbons (Fsp3) is 0.500. The summed E-state index contributed by atoms with van der Waals surface area (Å²) in [6, 6.07) is 6.70. The summed E-state index contributed by atoms with van der Waals surface area (Å²) in [5, 5.41) is 9.52. The van der Waals surface area contributed by atoms with E-state index in [1.54, 1.807) is 24.3 Å². The van der Waals surface area contributed by atoms with Crippen LogP contribution in [-0.4, -0.2) is 25.4 Å². The first kappa shape index (κ1) is 13.2. The molecular formula is C12H18O3S. The number of aliphatic hydroxyl groups is 1. The molecule has 90 valence electrons. The third-order valence-electron chi connectivity index (χ3n) is 2.41. The summed E-state index contributed by atoms with van der Waals surface area (Å²) in [6.45, 7) is 3.82. The highest BCUT2D eigenvalue weighted by atomic mass is 32.2. The van der Waals surface area contributed by atoms with Crippen LogP contribution in [0.3, 0.4) is 0 Å². The van der Waals surface area contributed by atoms with Crippen LogP contribution in [0.25, 0.3) is 0 Å². The Balaban J connectivity index is 2.82. The van der Waals surface area contributed by atoms with Crippen molar-refractivity contribution in [1.29, 1.82) is 0 Å². The van der Waals surface area contributed by atoms with Crippen LogP contribution >= 0.6 is 0 Å². The molecule has 4 heteroatoms. The van der Waals surface area contributed by atoms with Gasteiger partial charge in [0.1, 0.15) is 0 Å². The number of benzene rings is 1. The van der Waals surface area contributed by atoms with Crippen LogP contribution in [0.4, 0.5) is 0 Å². The predicted molar refractivity (Wildman–Crippen MR) is 64.1 cm³/mol. The van der Waals surface area contributed by atoms with E-state index in [9.17, 15) is 13.5 Å². The van der Waals surface area contributed by atoms with Crippen molar-refractivity contribution in [2.24, 2.45) is 0 Å². The lowest BCUT2D eigenvalue weighted by Gasteiger charge is -2.10. The Morgan fingerprint density at radius 2 is 1.81 bits per heavy atom. The molecule has 0 heterocycles. The highest BCUT2D eigenvalue weighted by Gasteiger charge is 2.18. The van der Waals surface area contributed by atoms with Crippen molar-refractivity contribution in [2.45, 2.75) is 37.7 Å². The van der Waals surface area contributed by atoms with Crippen molar-refractivity contribution in [3.05, 3.63) is 29.8 Å². The maximum Gasteiger partial charge on any atom is 0.180 e. The molecule has 3 nitrogen and oxygen atoms in total. The van der Waals surface area contributed by atoms with E-state index in [1.165, 1.54) is 0 Å². The topological polar surface area (TPSA) is 54.4 Å². The van der Waals surface area contributed by atoms with Crippen LogP contribution < -0.4 is 0 Å². The number of hydrogen-bond donors (Lipinski definition) is 1. The minimum Gasteiger partial charge on any atom is -0.392 e. The van der Waals surface area contributed by atoms with Gasteiger partial charge in [0, 0.05) is 0 Å². The average Bonchev–Trinajstić information content (AvgIpc) is 2.17. The Labute approximate surface area is 97.0 Å². The minimum atomic E-state index is -3.35. The molecule has 0 aliphatic carbocycles. The van der Waals surface area contributed by atoms with Gasteiger partial charge in [-0.1, -0.05) is 31.0 Å². The first-order chi connectivity index (χ1) is 7.45. The fourth-order valence-electron chi connectivity index (χ4n) is 1.51. The van der Waals surface area contributed by atoms with Gasteiger partial charge in [-0.15, -0.1) is 0 Å². The van der Waals surface area contributed by atoms with Gasteiger partial charge in [0.05, 0.1) is 16.8 Å². The second kappa shape index (κ2) is 5.46. The van der Waals surface area contributed by atoms with Crippen molar-refractivity contribution in [3.8, 4) is 0 Å². The molecule has 0 bridgehead atoms. The average molecular weight is 242 g/mol. The summed E-state index contributed by atoms with van der Waals surface area (Å²) in [7, 11) is -3.35. The van der Waals surface area contributed by atoms with Crippen LogP contribution in [0.15, 0.2) is 29.2 Å². The molecule has 0 radical (unpaired) electrons. The maximum absolute atomic E-state index is 11.9. The standard InChI is InChI=1S/C12H18O3S/c1-3-4-11(13)9-16(14,15)12-7-5-10(2)6-8-12/h5-8,11,13H,3-4,9H2,1-2H3/t11-/m0/s1. The first-order valence-corrected chi connectivity index (χ1v) is 7.08.